The first kappa shape index (κ1) is 15.8. The van der Waals surface area contributed by atoms with Crippen LogP contribution in [-0.2, 0) is 6.54 Å². The molecule has 2 aromatic carbocycles. The maximum atomic E-state index is 12.4. The van der Waals surface area contributed by atoms with Crippen molar-refractivity contribution < 1.29 is 9.53 Å². The van der Waals surface area contributed by atoms with Crippen LogP contribution in [0.1, 0.15) is 17.3 Å². The maximum absolute atomic E-state index is 12.4. The van der Waals surface area contributed by atoms with E-state index in [0.717, 1.165) is 5.75 Å². The summed E-state index contributed by atoms with van der Waals surface area (Å²) in [6, 6.07) is 16.6. The Morgan fingerprint density at radius 2 is 1.96 bits per heavy atom. The van der Waals surface area contributed by atoms with Gasteiger partial charge in [-0.15, -0.1) is 0 Å². The summed E-state index contributed by atoms with van der Waals surface area (Å²) in [5, 5.41) is 2.98. The van der Waals surface area contributed by atoms with Gasteiger partial charge in [-0.3, -0.25) is 4.79 Å². The molecule has 1 N–H and O–H groups in total. The largest absolute Gasteiger partial charge is 0.457 e. The summed E-state index contributed by atoms with van der Waals surface area (Å²) < 4.78 is 7.70. The van der Waals surface area contributed by atoms with Crippen molar-refractivity contribution in [1.29, 1.82) is 0 Å². The molecule has 0 fully saturated rings. The van der Waals surface area contributed by atoms with Gasteiger partial charge in [0.05, 0.1) is 6.33 Å². The standard InChI is InChI=1S/C19H19N3O2/c1-15(13-22-11-10-20-14-22)21-19(23)16-6-5-9-18(12-16)24-17-7-3-2-4-8-17/h2-12,14-15H,13H2,1H3,(H,21,23)/t15-/m0/s1. The molecule has 1 amide bonds. The fourth-order valence-corrected chi connectivity index (χ4v) is 2.39. The Morgan fingerprint density at radius 3 is 2.71 bits per heavy atom. The minimum absolute atomic E-state index is 0.00889. The lowest BCUT2D eigenvalue weighted by atomic mass is 10.2. The Labute approximate surface area is 140 Å². The molecule has 0 aliphatic rings. The molecule has 0 bridgehead atoms. The number of hydrogen-bond donors (Lipinski definition) is 1. The molecule has 5 nitrogen and oxygen atoms in total. The number of rotatable bonds is 6. The van der Waals surface area contributed by atoms with Crippen LogP contribution in [0.3, 0.4) is 0 Å². The van der Waals surface area contributed by atoms with E-state index in [4.69, 9.17) is 4.74 Å². The third-order valence-corrected chi connectivity index (χ3v) is 3.50. The molecular weight excluding hydrogens is 302 g/mol. The summed E-state index contributed by atoms with van der Waals surface area (Å²) in [6.07, 6.45) is 5.33. The number of nitrogens with zero attached hydrogens (tertiary/aromatic N) is 2. The minimum atomic E-state index is -0.124. The fraction of sp³-hybridized carbons (Fsp3) is 0.158. The first-order chi connectivity index (χ1) is 11.7. The van der Waals surface area contributed by atoms with Crippen molar-refractivity contribution in [3.8, 4) is 11.5 Å². The third kappa shape index (κ3) is 4.23. The van der Waals surface area contributed by atoms with Crippen molar-refractivity contribution in [2.24, 2.45) is 0 Å². The van der Waals surface area contributed by atoms with Crippen molar-refractivity contribution in [1.82, 2.24) is 14.9 Å². The number of para-hydroxylation sites is 1. The Balaban J connectivity index is 1.63. The zero-order valence-electron chi connectivity index (χ0n) is 13.4. The summed E-state index contributed by atoms with van der Waals surface area (Å²) in [5.74, 6) is 1.25. The van der Waals surface area contributed by atoms with Gasteiger partial charge >= 0.3 is 0 Å². The van der Waals surface area contributed by atoms with Gasteiger partial charge in [-0.2, -0.15) is 0 Å². The first-order valence-corrected chi connectivity index (χ1v) is 7.80. The summed E-state index contributed by atoms with van der Waals surface area (Å²) in [6.45, 7) is 2.63. The Kier molecular flexibility index (Phi) is 4.91. The number of carbonyl (C=O) groups is 1. The molecule has 1 atom stereocenters. The smallest absolute Gasteiger partial charge is 0.251 e. The van der Waals surface area contributed by atoms with Crippen molar-refractivity contribution >= 4 is 5.91 Å². The van der Waals surface area contributed by atoms with E-state index < -0.39 is 0 Å². The van der Waals surface area contributed by atoms with Crippen LogP contribution in [0.4, 0.5) is 0 Å². The second-order valence-corrected chi connectivity index (χ2v) is 5.58. The third-order valence-electron chi connectivity index (χ3n) is 3.50. The number of hydrogen-bond acceptors (Lipinski definition) is 3. The molecule has 24 heavy (non-hydrogen) atoms. The lowest BCUT2D eigenvalue weighted by molar-refractivity contribution is 0.0936. The number of imidazole rings is 1. The molecule has 0 spiro atoms. The molecule has 0 saturated carbocycles. The molecule has 3 aromatic rings. The topological polar surface area (TPSA) is 56.2 Å². The van der Waals surface area contributed by atoms with E-state index >= 15 is 0 Å². The summed E-state index contributed by atoms with van der Waals surface area (Å²) in [4.78, 5) is 16.4. The highest BCUT2D eigenvalue weighted by Crippen LogP contribution is 2.21. The highest BCUT2D eigenvalue weighted by molar-refractivity contribution is 5.94. The van der Waals surface area contributed by atoms with Crippen LogP contribution in [0, 0.1) is 0 Å². The van der Waals surface area contributed by atoms with E-state index in [1.54, 1.807) is 24.7 Å². The molecule has 0 aliphatic carbocycles. The summed E-state index contributed by atoms with van der Waals surface area (Å²) in [5.41, 5.74) is 0.570. The van der Waals surface area contributed by atoms with Crippen LogP contribution in [0.15, 0.2) is 73.3 Å². The quantitative estimate of drug-likeness (QED) is 0.756. The summed E-state index contributed by atoms with van der Waals surface area (Å²) >= 11 is 0. The van der Waals surface area contributed by atoms with Crippen LogP contribution in [-0.4, -0.2) is 21.5 Å². The zero-order valence-corrected chi connectivity index (χ0v) is 13.4. The predicted molar refractivity (Wildman–Crippen MR) is 92.1 cm³/mol. The Morgan fingerprint density at radius 1 is 1.17 bits per heavy atom. The van der Waals surface area contributed by atoms with E-state index in [9.17, 15) is 4.79 Å². The predicted octanol–water partition coefficient (Wildman–Crippen LogP) is 3.49. The van der Waals surface area contributed by atoms with E-state index in [0.29, 0.717) is 17.9 Å². The highest BCUT2D eigenvalue weighted by atomic mass is 16.5. The van der Waals surface area contributed by atoms with E-state index in [2.05, 4.69) is 10.3 Å². The van der Waals surface area contributed by atoms with Crippen LogP contribution in [0.25, 0.3) is 0 Å². The molecule has 5 heteroatoms. The van der Waals surface area contributed by atoms with Crippen LogP contribution in [0.2, 0.25) is 0 Å². The van der Waals surface area contributed by atoms with Crippen LogP contribution in [0.5, 0.6) is 11.5 Å². The maximum Gasteiger partial charge on any atom is 0.251 e. The molecule has 122 valence electrons. The van der Waals surface area contributed by atoms with Gasteiger partial charge in [0, 0.05) is 30.5 Å². The van der Waals surface area contributed by atoms with E-state index in [1.165, 1.54) is 0 Å². The normalized spacial score (nSPS) is 11.7. The molecule has 1 aromatic heterocycles. The zero-order chi connectivity index (χ0) is 16.8. The molecule has 0 aliphatic heterocycles. The van der Waals surface area contributed by atoms with Gasteiger partial charge in [0.1, 0.15) is 11.5 Å². The van der Waals surface area contributed by atoms with Crippen molar-refractivity contribution in [3.05, 3.63) is 78.9 Å². The molecule has 0 radical (unpaired) electrons. The molecular formula is C19H19N3O2. The van der Waals surface area contributed by atoms with Gasteiger partial charge in [-0.05, 0) is 37.3 Å². The fourth-order valence-electron chi connectivity index (χ4n) is 2.39. The monoisotopic (exact) mass is 321 g/mol. The number of carbonyl (C=O) groups excluding carboxylic acids is 1. The van der Waals surface area contributed by atoms with E-state index in [-0.39, 0.29) is 11.9 Å². The molecule has 1 heterocycles. The molecule has 0 unspecified atom stereocenters. The van der Waals surface area contributed by atoms with Gasteiger partial charge < -0.3 is 14.6 Å². The van der Waals surface area contributed by atoms with Gasteiger partial charge in [0.15, 0.2) is 0 Å². The minimum Gasteiger partial charge on any atom is -0.457 e. The average Bonchev–Trinajstić information content (AvgIpc) is 3.09. The first-order valence-electron chi connectivity index (χ1n) is 7.80. The highest BCUT2D eigenvalue weighted by Gasteiger charge is 2.11. The average molecular weight is 321 g/mol. The number of amides is 1. The molecule has 0 saturated heterocycles. The Bertz CT molecular complexity index is 785. The van der Waals surface area contributed by atoms with Crippen LogP contribution >= 0.6 is 0 Å². The summed E-state index contributed by atoms with van der Waals surface area (Å²) in [7, 11) is 0. The molecule has 3 rings (SSSR count). The lowest BCUT2D eigenvalue weighted by Crippen LogP contribution is -2.35. The van der Waals surface area contributed by atoms with Crippen molar-refractivity contribution in [2.75, 3.05) is 0 Å². The SMILES string of the molecule is C[C@@H](Cn1ccnc1)NC(=O)c1cccc(Oc2ccccc2)c1. The van der Waals surface area contributed by atoms with Gasteiger partial charge in [-0.1, -0.05) is 24.3 Å². The van der Waals surface area contributed by atoms with Gasteiger partial charge in [0.25, 0.3) is 5.91 Å². The second-order valence-electron chi connectivity index (χ2n) is 5.58. The van der Waals surface area contributed by atoms with Crippen molar-refractivity contribution in [2.45, 2.75) is 19.5 Å². The Hall–Kier alpha value is -3.08. The van der Waals surface area contributed by atoms with Crippen molar-refractivity contribution in [3.63, 3.8) is 0 Å². The van der Waals surface area contributed by atoms with Crippen LogP contribution < -0.4 is 10.1 Å². The van der Waals surface area contributed by atoms with Gasteiger partial charge in [0.2, 0.25) is 0 Å². The van der Waals surface area contributed by atoms with Gasteiger partial charge in [-0.25, -0.2) is 4.98 Å². The van der Waals surface area contributed by atoms with E-state index in [1.807, 2.05) is 60.2 Å². The number of nitrogens with one attached hydrogen (secondary N) is 1. The lowest BCUT2D eigenvalue weighted by Gasteiger charge is -2.15. The number of benzene rings is 2. The number of aromatic nitrogens is 2. The number of ether oxygens (including phenoxy) is 1. The second kappa shape index (κ2) is 7.46.